The van der Waals surface area contributed by atoms with E-state index in [0.29, 0.717) is 5.69 Å². The Kier molecular flexibility index (Phi) is 3.90. The molecule has 0 aliphatic carbocycles. The van der Waals surface area contributed by atoms with Crippen LogP contribution in [0.5, 0.6) is 0 Å². The van der Waals surface area contributed by atoms with Crippen LogP contribution in [0.3, 0.4) is 0 Å². The molecule has 1 heterocycles. The lowest BCUT2D eigenvalue weighted by Gasteiger charge is -2.17. The van der Waals surface area contributed by atoms with E-state index in [2.05, 4.69) is 4.98 Å². The van der Waals surface area contributed by atoms with Crippen LogP contribution in [0.15, 0.2) is 54.6 Å². The van der Waals surface area contributed by atoms with Crippen molar-refractivity contribution in [2.45, 2.75) is 6.29 Å². The maximum absolute atomic E-state index is 5.37. The minimum absolute atomic E-state index is 0.544. The standard InChI is InChI=1S/C17H16N2O2/c1-20-17(21-2)16-15(12-8-4-3-5-9-12)18-13-10-6-7-11-14(13)19-16/h3-11,17H,1-2H3. The number of rotatable bonds is 4. The summed E-state index contributed by atoms with van der Waals surface area (Å²) in [7, 11) is 3.19. The number of benzene rings is 2. The molecular formula is C17H16N2O2. The zero-order valence-electron chi connectivity index (χ0n) is 12.0. The van der Waals surface area contributed by atoms with Gasteiger partial charge in [0.1, 0.15) is 5.69 Å². The van der Waals surface area contributed by atoms with Gasteiger partial charge in [0.15, 0.2) is 0 Å². The van der Waals surface area contributed by atoms with Crippen molar-refractivity contribution in [3.63, 3.8) is 0 Å². The van der Waals surface area contributed by atoms with Crippen molar-refractivity contribution in [1.82, 2.24) is 9.97 Å². The number of nitrogens with zero attached hydrogens (tertiary/aromatic N) is 2. The molecule has 0 fully saturated rings. The quantitative estimate of drug-likeness (QED) is 0.685. The van der Waals surface area contributed by atoms with Gasteiger partial charge >= 0.3 is 0 Å². The van der Waals surface area contributed by atoms with Crippen LogP contribution in [-0.4, -0.2) is 24.2 Å². The Morgan fingerprint density at radius 3 is 1.95 bits per heavy atom. The Morgan fingerprint density at radius 1 is 0.762 bits per heavy atom. The molecule has 4 nitrogen and oxygen atoms in total. The summed E-state index contributed by atoms with van der Waals surface area (Å²) in [6.07, 6.45) is -0.544. The molecule has 1 aromatic heterocycles. The molecule has 0 radical (unpaired) electrons. The lowest BCUT2D eigenvalue weighted by Crippen LogP contribution is -2.09. The first-order chi connectivity index (χ1) is 10.3. The monoisotopic (exact) mass is 280 g/mol. The third-order valence-electron chi connectivity index (χ3n) is 3.30. The van der Waals surface area contributed by atoms with E-state index < -0.39 is 6.29 Å². The van der Waals surface area contributed by atoms with Gasteiger partial charge in [0.25, 0.3) is 0 Å². The predicted octanol–water partition coefficient (Wildman–Crippen LogP) is 3.59. The molecule has 4 heteroatoms. The summed E-state index contributed by atoms with van der Waals surface area (Å²) in [4.78, 5) is 9.42. The number of hydrogen-bond acceptors (Lipinski definition) is 4. The molecular weight excluding hydrogens is 264 g/mol. The third kappa shape index (κ3) is 2.63. The molecule has 21 heavy (non-hydrogen) atoms. The van der Waals surface area contributed by atoms with Crippen molar-refractivity contribution in [3.05, 3.63) is 60.3 Å². The van der Waals surface area contributed by atoms with Crippen LogP contribution >= 0.6 is 0 Å². The largest absolute Gasteiger partial charge is 0.350 e. The number of para-hydroxylation sites is 2. The molecule has 0 unspecified atom stereocenters. The van der Waals surface area contributed by atoms with E-state index in [1.165, 1.54) is 0 Å². The predicted molar refractivity (Wildman–Crippen MR) is 81.7 cm³/mol. The van der Waals surface area contributed by atoms with E-state index in [1.807, 2.05) is 54.6 Å². The Balaban J connectivity index is 2.26. The number of ether oxygens (including phenoxy) is 2. The van der Waals surface area contributed by atoms with E-state index >= 15 is 0 Å². The van der Waals surface area contributed by atoms with Crippen molar-refractivity contribution < 1.29 is 9.47 Å². The van der Waals surface area contributed by atoms with Crippen molar-refractivity contribution in [2.24, 2.45) is 0 Å². The minimum atomic E-state index is -0.544. The number of hydrogen-bond donors (Lipinski definition) is 0. The average molecular weight is 280 g/mol. The fraction of sp³-hybridized carbons (Fsp3) is 0.176. The van der Waals surface area contributed by atoms with Gasteiger partial charge < -0.3 is 9.47 Å². The van der Waals surface area contributed by atoms with Crippen LogP contribution in [-0.2, 0) is 9.47 Å². The lowest BCUT2D eigenvalue weighted by atomic mass is 10.1. The number of fused-ring (bicyclic) bond motifs is 1. The molecule has 106 valence electrons. The molecule has 0 atom stereocenters. The lowest BCUT2D eigenvalue weighted by molar-refractivity contribution is -0.108. The molecule has 0 N–H and O–H groups in total. The molecule has 0 aliphatic heterocycles. The fourth-order valence-corrected chi connectivity index (χ4v) is 2.31. The Hall–Kier alpha value is -2.30. The van der Waals surface area contributed by atoms with Crippen molar-refractivity contribution in [3.8, 4) is 11.3 Å². The number of aromatic nitrogens is 2. The summed E-state index contributed by atoms with van der Waals surface area (Å²) >= 11 is 0. The Labute approximate surface area is 123 Å². The van der Waals surface area contributed by atoms with Crippen LogP contribution < -0.4 is 0 Å². The maximum atomic E-state index is 5.37. The molecule has 0 bridgehead atoms. The van der Waals surface area contributed by atoms with Crippen molar-refractivity contribution in [2.75, 3.05) is 14.2 Å². The SMILES string of the molecule is COC(OC)c1nc2ccccc2nc1-c1ccccc1. The van der Waals surface area contributed by atoms with Crippen LogP contribution in [0.2, 0.25) is 0 Å². The molecule has 3 rings (SSSR count). The van der Waals surface area contributed by atoms with Crippen LogP contribution in [0, 0.1) is 0 Å². The van der Waals surface area contributed by atoms with E-state index in [0.717, 1.165) is 22.3 Å². The van der Waals surface area contributed by atoms with Gasteiger partial charge in [-0.05, 0) is 12.1 Å². The van der Waals surface area contributed by atoms with Gasteiger partial charge in [-0.1, -0.05) is 42.5 Å². The highest BCUT2D eigenvalue weighted by Crippen LogP contribution is 2.29. The first-order valence-electron chi connectivity index (χ1n) is 6.71. The first kappa shape index (κ1) is 13.7. The average Bonchev–Trinajstić information content (AvgIpc) is 2.56. The van der Waals surface area contributed by atoms with Gasteiger partial charge in [-0.2, -0.15) is 0 Å². The zero-order chi connectivity index (χ0) is 14.7. The topological polar surface area (TPSA) is 44.2 Å². The van der Waals surface area contributed by atoms with Crippen LogP contribution in [0.25, 0.3) is 22.3 Å². The van der Waals surface area contributed by atoms with Gasteiger partial charge in [0, 0.05) is 19.8 Å². The summed E-state index contributed by atoms with van der Waals surface area (Å²) in [5.74, 6) is 0. The zero-order valence-corrected chi connectivity index (χ0v) is 12.0. The first-order valence-corrected chi connectivity index (χ1v) is 6.71. The van der Waals surface area contributed by atoms with Gasteiger partial charge in [-0.25, -0.2) is 9.97 Å². The second-order valence-electron chi connectivity index (χ2n) is 4.62. The molecule has 0 amide bonds. The van der Waals surface area contributed by atoms with E-state index in [4.69, 9.17) is 14.5 Å². The molecule has 2 aromatic carbocycles. The minimum Gasteiger partial charge on any atom is -0.350 e. The fourth-order valence-electron chi connectivity index (χ4n) is 2.31. The Morgan fingerprint density at radius 2 is 1.33 bits per heavy atom. The highest BCUT2D eigenvalue weighted by atomic mass is 16.7. The molecule has 0 saturated heterocycles. The maximum Gasteiger partial charge on any atom is 0.202 e. The molecule has 0 saturated carbocycles. The third-order valence-corrected chi connectivity index (χ3v) is 3.30. The summed E-state index contributed by atoms with van der Waals surface area (Å²) < 4.78 is 10.7. The summed E-state index contributed by atoms with van der Waals surface area (Å²) in [6, 6.07) is 17.7. The highest BCUT2D eigenvalue weighted by molar-refractivity contribution is 5.78. The second-order valence-corrected chi connectivity index (χ2v) is 4.62. The normalized spacial score (nSPS) is 11.2. The molecule has 0 spiro atoms. The van der Waals surface area contributed by atoms with Crippen LogP contribution in [0.4, 0.5) is 0 Å². The Bertz CT molecular complexity index is 740. The summed E-state index contributed by atoms with van der Waals surface area (Å²) in [5, 5.41) is 0. The van der Waals surface area contributed by atoms with Gasteiger partial charge in [-0.3, -0.25) is 0 Å². The highest BCUT2D eigenvalue weighted by Gasteiger charge is 2.19. The molecule has 0 aliphatic rings. The molecule has 3 aromatic rings. The van der Waals surface area contributed by atoms with E-state index in [-0.39, 0.29) is 0 Å². The second kappa shape index (κ2) is 5.99. The van der Waals surface area contributed by atoms with E-state index in [1.54, 1.807) is 14.2 Å². The number of methoxy groups -OCH3 is 2. The summed E-state index contributed by atoms with van der Waals surface area (Å²) in [5.41, 5.74) is 4.13. The van der Waals surface area contributed by atoms with E-state index in [9.17, 15) is 0 Å². The van der Waals surface area contributed by atoms with Crippen molar-refractivity contribution in [1.29, 1.82) is 0 Å². The summed E-state index contributed by atoms with van der Waals surface area (Å²) in [6.45, 7) is 0. The van der Waals surface area contributed by atoms with Gasteiger partial charge in [0.2, 0.25) is 6.29 Å². The van der Waals surface area contributed by atoms with Crippen molar-refractivity contribution >= 4 is 11.0 Å². The van der Waals surface area contributed by atoms with Crippen LogP contribution in [0.1, 0.15) is 12.0 Å². The smallest absolute Gasteiger partial charge is 0.202 e. The van der Waals surface area contributed by atoms with Gasteiger partial charge in [-0.15, -0.1) is 0 Å². The van der Waals surface area contributed by atoms with Gasteiger partial charge in [0.05, 0.1) is 16.7 Å².